The summed E-state index contributed by atoms with van der Waals surface area (Å²) in [4.78, 5) is 9.46. The van der Waals surface area contributed by atoms with Gasteiger partial charge in [0.2, 0.25) is 5.82 Å². The van der Waals surface area contributed by atoms with Crippen molar-refractivity contribution in [2.75, 3.05) is 0 Å². The van der Waals surface area contributed by atoms with E-state index in [4.69, 9.17) is 15.2 Å². The smallest absolute Gasteiger partial charge is 0.219 e. The monoisotopic (exact) mass is 336 g/mol. The van der Waals surface area contributed by atoms with Crippen molar-refractivity contribution in [2.45, 2.75) is 52.5 Å². The third kappa shape index (κ3) is 3.21. The number of aryl methyl sites for hydroxylation is 1. The van der Waals surface area contributed by atoms with Crippen LogP contribution >= 0.6 is 0 Å². The van der Waals surface area contributed by atoms with Crippen molar-refractivity contribution < 1.29 is 0 Å². The molecule has 0 bridgehead atoms. The Morgan fingerprint density at radius 3 is 2.56 bits per heavy atom. The lowest BCUT2D eigenvalue weighted by molar-refractivity contribution is 0.535. The van der Waals surface area contributed by atoms with Crippen LogP contribution in [0.25, 0.3) is 17.3 Å². The Hall–Kier alpha value is -2.50. The summed E-state index contributed by atoms with van der Waals surface area (Å²) in [6.45, 7) is 6.42. The molecule has 0 radical (unpaired) electrons. The quantitative estimate of drug-likeness (QED) is 0.687. The van der Waals surface area contributed by atoms with E-state index >= 15 is 0 Å². The molecule has 0 N–H and O–H groups in total. The van der Waals surface area contributed by atoms with Crippen LogP contribution in [0.15, 0.2) is 30.3 Å². The van der Waals surface area contributed by atoms with Crippen molar-refractivity contribution in [3.05, 3.63) is 42.0 Å². The summed E-state index contributed by atoms with van der Waals surface area (Å²) >= 11 is 0. The van der Waals surface area contributed by atoms with E-state index in [9.17, 15) is 0 Å². The van der Waals surface area contributed by atoms with Gasteiger partial charge in [-0.25, -0.2) is 19.3 Å². The molecular weight excluding hydrogens is 312 g/mol. The summed E-state index contributed by atoms with van der Waals surface area (Å²) in [7, 11) is 0. The minimum atomic E-state index is 0.456. The van der Waals surface area contributed by atoms with E-state index in [0.29, 0.717) is 17.8 Å². The lowest BCUT2D eigenvalue weighted by atomic mass is 10.1. The highest BCUT2D eigenvalue weighted by atomic mass is 15.4. The average Bonchev–Trinajstić information content (AvgIpc) is 3.28. The van der Waals surface area contributed by atoms with Crippen LogP contribution in [-0.2, 0) is 6.42 Å². The van der Waals surface area contributed by atoms with Gasteiger partial charge in [-0.05, 0) is 37.8 Å². The van der Waals surface area contributed by atoms with E-state index < -0.39 is 0 Å². The topological polar surface area (TPSA) is 61.4 Å². The predicted octanol–water partition coefficient (Wildman–Crippen LogP) is 3.76. The van der Waals surface area contributed by atoms with Crippen molar-refractivity contribution in [1.29, 1.82) is 0 Å². The first-order chi connectivity index (χ1) is 12.2. The molecule has 1 atom stereocenters. The van der Waals surface area contributed by atoms with E-state index in [1.54, 1.807) is 0 Å². The van der Waals surface area contributed by atoms with Crippen LogP contribution in [0.2, 0.25) is 0 Å². The molecular formula is C19H24N6. The van der Waals surface area contributed by atoms with Crippen LogP contribution in [0.1, 0.15) is 50.8 Å². The molecule has 1 aromatic carbocycles. The minimum Gasteiger partial charge on any atom is -0.240 e. The number of aromatic nitrogens is 6. The number of benzene rings is 1. The van der Waals surface area contributed by atoms with E-state index in [1.165, 1.54) is 0 Å². The van der Waals surface area contributed by atoms with E-state index in [1.807, 2.05) is 46.6 Å². The Bertz CT molecular complexity index is 859. The first-order valence-corrected chi connectivity index (χ1v) is 9.10. The maximum atomic E-state index is 4.79. The van der Waals surface area contributed by atoms with E-state index in [0.717, 1.165) is 48.8 Å². The highest BCUT2D eigenvalue weighted by Crippen LogP contribution is 2.37. The highest BCUT2D eigenvalue weighted by molar-refractivity contribution is 5.45. The SMILES string of the molecule is CCC(C)Cc1nc(-c2nc(C)n(-c3ccccc3)n2)n(C2CC2)n1. The second-order valence-corrected chi connectivity index (χ2v) is 6.97. The van der Waals surface area contributed by atoms with E-state index in [2.05, 4.69) is 18.8 Å². The lowest BCUT2D eigenvalue weighted by Gasteiger charge is -2.03. The number of nitrogens with zero attached hydrogens (tertiary/aromatic N) is 6. The summed E-state index contributed by atoms with van der Waals surface area (Å²) in [6, 6.07) is 10.5. The van der Waals surface area contributed by atoms with Gasteiger partial charge in [0.25, 0.3) is 0 Å². The molecule has 6 nitrogen and oxygen atoms in total. The Balaban J connectivity index is 1.72. The molecule has 2 heterocycles. The van der Waals surface area contributed by atoms with Gasteiger partial charge in [0, 0.05) is 6.42 Å². The molecule has 0 saturated heterocycles. The Morgan fingerprint density at radius 1 is 1.12 bits per heavy atom. The van der Waals surface area contributed by atoms with Crippen LogP contribution in [-0.4, -0.2) is 29.5 Å². The molecule has 1 aliphatic rings. The fourth-order valence-electron chi connectivity index (χ4n) is 2.93. The molecule has 2 aromatic heterocycles. The number of hydrogen-bond acceptors (Lipinski definition) is 4. The van der Waals surface area contributed by atoms with Gasteiger partial charge in [-0.2, -0.15) is 5.10 Å². The molecule has 130 valence electrons. The maximum Gasteiger partial charge on any atom is 0.219 e. The Labute approximate surface area is 147 Å². The standard InChI is InChI=1S/C19H24N6/c1-4-13(2)12-17-21-19(25(22-17)16-10-11-16)18-20-14(3)24(23-18)15-8-6-5-7-9-15/h5-9,13,16H,4,10-12H2,1-3H3. The summed E-state index contributed by atoms with van der Waals surface area (Å²) < 4.78 is 3.91. The summed E-state index contributed by atoms with van der Waals surface area (Å²) in [5.41, 5.74) is 1.01. The zero-order valence-electron chi connectivity index (χ0n) is 15.1. The number of para-hydroxylation sites is 1. The van der Waals surface area contributed by atoms with Gasteiger partial charge in [-0.1, -0.05) is 38.5 Å². The van der Waals surface area contributed by atoms with Crippen LogP contribution in [0.3, 0.4) is 0 Å². The molecule has 1 aliphatic carbocycles. The molecule has 4 rings (SSSR count). The van der Waals surface area contributed by atoms with Gasteiger partial charge in [-0.15, -0.1) is 5.10 Å². The first-order valence-electron chi connectivity index (χ1n) is 9.10. The summed E-state index contributed by atoms with van der Waals surface area (Å²) in [5.74, 6) is 3.81. The molecule has 1 unspecified atom stereocenters. The summed E-state index contributed by atoms with van der Waals surface area (Å²) in [6.07, 6.45) is 4.36. The van der Waals surface area contributed by atoms with Crippen molar-refractivity contribution in [3.63, 3.8) is 0 Å². The van der Waals surface area contributed by atoms with Crippen LogP contribution < -0.4 is 0 Å². The second kappa shape index (κ2) is 6.43. The molecule has 0 aliphatic heterocycles. The van der Waals surface area contributed by atoms with Gasteiger partial charge >= 0.3 is 0 Å². The molecule has 1 saturated carbocycles. The lowest BCUT2D eigenvalue weighted by Crippen LogP contribution is -2.03. The largest absolute Gasteiger partial charge is 0.240 e. The molecule has 3 aromatic rings. The zero-order chi connectivity index (χ0) is 17.4. The third-order valence-corrected chi connectivity index (χ3v) is 4.77. The predicted molar refractivity (Wildman–Crippen MR) is 96.5 cm³/mol. The summed E-state index contributed by atoms with van der Waals surface area (Å²) in [5, 5.41) is 9.48. The minimum absolute atomic E-state index is 0.456. The zero-order valence-corrected chi connectivity index (χ0v) is 15.1. The molecule has 1 fully saturated rings. The van der Waals surface area contributed by atoms with Crippen LogP contribution in [0.5, 0.6) is 0 Å². The van der Waals surface area contributed by atoms with Crippen molar-refractivity contribution >= 4 is 0 Å². The highest BCUT2D eigenvalue weighted by Gasteiger charge is 2.30. The fraction of sp³-hybridized carbons (Fsp3) is 0.474. The Kier molecular flexibility index (Phi) is 4.11. The van der Waals surface area contributed by atoms with Crippen LogP contribution in [0, 0.1) is 12.8 Å². The molecule has 0 spiro atoms. The van der Waals surface area contributed by atoms with Gasteiger partial charge in [0.15, 0.2) is 11.6 Å². The first kappa shape index (κ1) is 16.0. The van der Waals surface area contributed by atoms with Gasteiger partial charge in [0.05, 0.1) is 11.7 Å². The van der Waals surface area contributed by atoms with Crippen molar-refractivity contribution in [1.82, 2.24) is 29.5 Å². The second-order valence-electron chi connectivity index (χ2n) is 6.97. The number of rotatable bonds is 6. The molecule has 6 heteroatoms. The molecule has 0 amide bonds. The van der Waals surface area contributed by atoms with Crippen molar-refractivity contribution in [3.8, 4) is 17.3 Å². The fourth-order valence-corrected chi connectivity index (χ4v) is 2.93. The van der Waals surface area contributed by atoms with Gasteiger partial charge in [0.1, 0.15) is 5.82 Å². The Morgan fingerprint density at radius 2 is 1.88 bits per heavy atom. The van der Waals surface area contributed by atoms with Crippen molar-refractivity contribution in [2.24, 2.45) is 5.92 Å². The van der Waals surface area contributed by atoms with Gasteiger partial charge < -0.3 is 0 Å². The van der Waals surface area contributed by atoms with Crippen LogP contribution in [0.4, 0.5) is 0 Å². The van der Waals surface area contributed by atoms with E-state index in [-0.39, 0.29) is 0 Å². The average molecular weight is 336 g/mol. The normalized spacial score (nSPS) is 15.5. The molecule has 25 heavy (non-hydrogen) atoms. The maximum absolute atomic E-state index is 4.79. The van der Waals surface area contributed by atoms with Gasteiger partial charge in [-0.3, -0.25) is 0 Å². The third-order valence-electron chi connectivity index (χ3n) is 4.77. The number of hydrogen-bond donors (Lipinski definition) is 0.